The fourth-order valence-electron chi connectivity index (χ4n) is 6.55. The first-order valence-electron chi connectivity index (χ1n) is 12.5. The van der Waals surface area contributed by atoms with E-state index in [1.54, 1.807) is 0 Å². The highest BCUT2D eigenvalue weighted by molar-refractivity contribution is 5.79. The van der Waals surface area contributed by atoms with Crippen LogP contribution >= 0.6 is 0 Å². The van der Waals surface area contributed by atoms with Crippen molar-refractivity contribution in [2.45, 2.75) is 68.5 Å². The van der Waals surface area contributed by atoms with Gasteiger partial charge in [0.15, 0.2) is 0 Å². The molecule has 174 valence electrons. The van der Waals surface area contributed by atoms with Crippen LogP contribution in [-0.4, -0.2) is 83.9 Å². The summed E-state index contributed by atoms with van der Waals surface area (Å²) >= 11 is 0. The molecule has 0 N–H and O–H groups in total. The Labute approximate surface area is 192 Å². The fourth-order valence-corrected chi connectivity index (χ4v) is 6.55. The minimum absolute atomic E-state index is 0.0320. The monoisotopic (exact) mass is 438 g/mol. The lowest BCUT2D eigenvalue weighted by Gasteiger charge is -2.51. The fraction of sp³-hybridized carbons (Fsp3) is 0.692. The summed E-state index contributed by atoms with van der Waals surface area (Å²) in [5.74, 6) is 0.697. The van der Waals surface area contributed by atoms with Gasteiger partial charge in [-0.25, -0.2) is 4.79 Å². The predicted octanol–water partition coefficient (Wildman–Crippen LogP) is 3.52. The summed E-state index contributed by atoms with van der Waals surface area (Å²) in [7, 11) is 4.42. The van der Waals surface area contributed by atoms with Crippen LogP contribution in [0.3, 0.4) is 0 Å². The first-order chi connectivity index (χ1) is 15.5. The van der Waals surface area contributed by atoms with E-state index >= 15 is 0 Å². The zero-order chi connectivity index (χ0) is 22.3. The minimum atomic E-state index is -0.0320. The molecule has 0 unspecified atom stereocenters. The van der Waals surface area contributed by atoms with Crippen LogP contribution in [0.5, 0.6) is 0 Å². The Morgan fingerprint density at radius 1 is 1.00 bits per heavy atom. The molecule has 4 fully saturated rings. The third kappa shape index (κ3) is 3.70. The molecule has 1 spiro atoms. The molecule has 3 amide bonds. The van der Waals surface area contributed by atoms with Gasteiger partial charge < -0.3 is 14.7 Å². The van der Waals surface area contributed by atoms with E-state index in [0.717, 1.165) is 71.1 Å². The quantitative estimate of drug-likeness (QED) is 0.639. The zero-order valence-corrected chi connectivity index (χ0v) is 19.7. The third-order valence-electron chi connectivity index (χ3n) is 8.92. The van der Waals surface area contributed by atoms with Crippen LogP contribution in [0, 0.1) is 5.92 Å². The van der Waals surface area contributed by atoms with Crippen molar-refractivity contribution in [1.82, 2.24) is 19.6 Å². The van der Waals surface area contributed by atoms with E-state index in [1.807, 2.05) is 4.90 Å². The van der Waals surface area contributed by atoms with E-state index in [1.165, 1.54) is 18.4 Å². The maximum atomic E-state index is 13.7. The lowest BCUT2D eigenvalue weighted by atomic mass is 9.68. The van der Waals surface area contributed by atoms with Gasteiger partial charge in [-0.15, -0.1) is 0 Å². The van der Waals surface area contributed by atoms with Gasteiger partial charge in [0.25, 0.3) is 0 Å². The van der Waals surface area contributed by atoms with E-state index in [2.05, 4.69) is 59.1 Å². The van der Waals surface area contributed by atoms with Gasteiger partial charge in [-0.2, -0.15) is 0 Å². The molecule has 2 saturated heterocycles. The number of carbonyl (C=O) groups excluding carboxylic acids is 2. The zero-order valence-electron chi connectivity index (χ0n) is 19.7. The molecule has 6 nitrogen and oxygen atoms in total. The predicted molar refractivity (Wildman–Crippen MR) is 125 cm³/mol. The SMILES string of the molecule is CN(C)C1(c2ccccc2)CCC2(CC1)CN(C1CCN(C=O)CC1)C(=O)N2CC1CC1. The van der Waals surface area contributed by atoms with Crippen molar-refractivity contribution in [2.75, 3.05) is 40.3 Å². The number of piperidine rings is 1. The van der Waals surface area contributed by atoms with Crippen LogP contribution in [0.1, 0.15) is 56.9 Å². The average molecular weight is 439 g/mol. The van der Waals surface area contributed by atoms with Crippen LogP contribution in [0.15, 0.2) is 30.3 Å². The highest BCUT2D eigenvalue weighted by Gasteiger charge is 2.56. The van der Waals surface area contributed by atoms with Crippen molar-refractivity contribution < 1.29 is 9.59 Å². The van der Waals surface area contributed by atoms with E-state index < -0.39 is 0 Å². The maximum absolute atomic E-state index is 13.7. The molecule has 0 radical (unpaired) electrons. The second kappa shape index (κ2) is 8.36. The van der Waals surface area contributed by atoms with Crippen molar-refractivity contribution in [3.63, 3.8) is 0 Å². The number of rotatable bonds is 6. The van der Waals surface area contributed by atoms with Gasteiger partial charge in [0.1, 0.15) is 0 Å². The van der Waals surface area contributed by atoms with Crippen LogP contribution in [-0.2, 0) is 10.3 Å². The Kier molecular flexibility index (Phi) is 5.68. The highest BCUT2D eigenvalue weighted by atomic mass is 16.2. The lowest BCUT2D eigenvalue weighted by Crippen LogP contribution is -2.55. The lowest BCUT2D eigenvalue weighted by molar-refractivity contribution is -0.119. The summed E-state index contributed by atoms with van der Waals surface area (Å²) in [5, 5.41) is 0. The van der Waals surface area contributed by atoms with Crippen molar-refractivity contribution in [1.29, 1.82) is 0 Å². The van der Waals surface area contributed by atoms with Gasteiger partial charge in [-0.1, -0.05) is 30.3 Å². The molecular weight excluding hydrogens is 400 g/mol. The molecule has 1 aromatic rings. The Balaban J connectivity index is 1.37. The van der Waals surface area contributed by atoms with Crippen molar-refractivity contribution in [2.24, 2.45) is 5.92 Å². The third-order valence-corrected chi connectivity index (χ3v) is 8.92. The standard InChI is InChI=1S/C26H38N4O2/c1-27(2)26(22-6-4-3-5-7-22)14-12-25(13-15-26)19-29(23-10-16-28(20-31)17-11-23)24(32)30(25)18-21-8-9-21/h3-7,20-21,23H,8-19H2,1-2H3. The second-order valence-corrected chi connectivity index (χ2v) is 10.9. The summed E-state index contributed by atoms with van der Waals surface area (Å²) in [5.41, 5.74) is 1.41. The number of likely N-dealkylation sites (tertiary alicyclic amines) is 1. The Morgan fingerprint density at radius 2 is 1.66 bits per heavy atom. The average Bonchev–Trinajstić information content (AvgIpc) is 3.62. The van der Waals surface area contributed by atoms with Crippen molar-refractivity contribution in [3.8, 4) is 0 Å². The maximum Gasteiger partial charge on any atom is 0.320 e. The number of amides is 3. The summed E-state index contributed by atoms with van der Waals surface area (Å²) in [6, 6.07) is 11.5. The summed E-state index contributed by atoms with van der Waals surface area (Å²) in [6.45, 7) is 3.34. The molecule has 0 aromatic heterocycles. The first-order valence-corrected chi connectivity index (χ1v) is 12.5. The molecule has 4 aliphatic rings. The molecule has 2 aliphatic carbocycles. The first kappa shape index (κ1) is 21.7. The van der Waals surface area contributed by atoms with Gasteiger partial charge in [-0.05, 0) is 76.9 Å². The molecule has 2 heterocycles. The molecule has 2 saturated carbocycles. The van der Waals surface area contributed by atoms with Gasteiger partial charge in [-0.3, -0.25) is 9.69 Å². The molecular formula is C26H38N4O2. The van der Waals surface area contributed by atoms with Crippen molar-refractivity contribution in [3.05, 3.63) is 35.9 Å². The second-order valence-electron chi connectivity index (χ2n) is 10.9. The number of urea groups is 1. The summed E-state index contributed by atoms with van der Waals surface area (Å²) < 4.78 is 0. The van der Waals surface area contributed by atoms with Gasteiger partial charge >= 0.3 is 6.03 Å². The van der Waals surface area contributed by atoms with Crippen LogP contribution in [0.2, 0.25) is 0 Å². The Hall–Kier alpha value is -2.08. The minimum Gasteiger partial charge on any atom is -0.345 e. The Morgan fingerprint density at radius 3 is 2.22 bits per heavy atom. The van der Waals surface area contributed by atoms with E-state index in [4.69, 9.17) is 0 Å². The van der Waals surface area contributed by atoms with E-state index in [-0.39, 0.29) is 23.2 Å². The van der Waals surface area contributed by atoms with Crippen LogP contribution in [0.4, 0.5) is 4.79 Å². The van der Waals surface area contributed by atoms with E-state index in [0.29, 0.717) is 5.92 Å². The van der Waals surface area contributed by atoms with Crippen LogP contribution < -0.4 is 0 Å². The summed E-state index contributed by atoms with van der Waals surface area (Å²) in [4.78, 5) is 33.6. The molecule has 6 heteroatoms. The van der Waals surface area contributed by atoms with E-state index in [9.17, 15) is 9.59 Å². The summed E-state index contributed by atoms with van der Waals surface area (Å²) in [6.07, 6.45) is 9.57. The highest BCUT2D eigenvalue weighted by Crippen LogP contribution is 2.50. The number of nitrogens with zero attached hydrogens (tertiary/aromatic N) is 4. The van der Waals surface area contributed by atoms with Crippen LogP contribution in [0.25, 0.3) is 0 Å². The largest absolute Gasteiger partial charge is 0.345 e. The number of hydrogen-bond acceptors (Lipinski definition) is 3. The Bertz CT molecular complexity index is 821. The number of benzene rings is 1. The topological polar surface area (TPSA) is 47.1 Å². The molecule has 2 aliphatic heterocycles. The molecule has 1 aromatic carbocycles. The number of hydrogen-bond donors (Lipinski definition) is 0. The number of carbonyl (C=O) groups is 2. The van der Waals surface area contributed by atoms with Crippen molar-refractivity contribution >= 4 is 12.4 Å². The smallest absolute Gasteiger partial charge is 0.320 e. The van der Waals surface area contributed by atoms with Gasteiger partial charge in [0.2, 0.25) is 6.41 Å². The molecule has 5 rings (SSSR count). The molecule has 32 heavy (non-hydrogen) atoms. The normalized spacial score (nSPS) is 31.7. The van der Waals surface area contributed by atoms with Gasteiger partial charge in [0, 0.05) is 37.8 Å². The molecule has 0 atom stereocenters. The van der Waals surface area contributed by atoms with Gasteiger partial charge in [0.05, 0.1) is 5.54 Å². The molecule has 0 bridgehead atoms.